The predicted molar refractivity (Wildman–Crippen MR) is 84.5 cm³/mol. The van der Waals surface area contributed by atoms with Crippen molar-refractivity contribution in [2.45, 2.75) is 19.9 Å². The minimum atomic E-state index is 0.179. The van der Waals surface area contributed by atoms with Gasteiger partial charge in [-0.25, -0.2) is 9.97 Å². The molecule has 5 heteroatoms. The first kappa shape index (κ1) is 14.6. The van der Waals surface area contributed by atoms with Gasteiger partial charge >= 0.3 is 0 Å². The molecule has 2 rings (SSSR count). The normalized spacial score (nSPS) is 12.0. The number of nitrogens with one attached hydrogen (secondary N) is 1. The molecule has 106 valence electrons. The standard InChI is InChI=1S/C15H19ClN4/c1-4-17-14-9-15(19-10-18-14)20(3)11(2)12-6-5-7-13(16)8-12/h5-11H,4H2,1-3H3,(H,17,18,19). The van der Waals surface area contributed by atoms with Crippen molar-refractivity contribution in [3.8, 4) is 0 Å². The lowest BCUT2D eigenvalue weighted by Crippen LogP contribution is -2.22. The van der Waals surface area contributed by atoms with Gasteiger partial charge in [0.05, 0.1) is 6.04 Å². The van der Waals surface area contributed by atoms with Crippen molar-refractivity contribution in [2.75, 3.05) is 23.8 Å². The van der Waals surface area contributed by atoms with E-state index in [0.29, 0.717) is 0 Å². The van der Waals surface area contributed by atoms with Gasteiger partial charge in [-0.3, -0.25) is 0 Å². The molecule has 0 fully saturated rings. The highest BCUT2D eigenvalue weighted by molar-refractivity contribution is 6.30. The molecule has 0 aliphatic heterocycles. The zero-order valence-electron chi connectivity index (χ0n) is 12.0. The van der Waals surface area contributed by atoms with E-state index in [9.17, 15) is 0 Å². The van der Waals surface area contributed by atoms with Gasteiger partial charge < -0.3 is 10.2 Å². The van der Waals surface area contributed by atoms with Gasteiger partial charge in [-0.15, -0.1) is 0 Å². The molecule has 0 bridgehead atoms. The summed E-state index contributed by atoms with van der Waals surface area (Å²) < 4.78 is 0. The van der Waals surface area contributed by atoms with E-state index in [-0.39, 0.29) is 6.04 Å². The molecular formula is C15H19ClN4. The van der Waals surface area contributed by atoms with Crippen LogP contribution in [-0.2, 0) is 0 Å². The number of hydrogen-bond acceptors (Lipinski definition) is 4. The highest BCUT2D eigenvalue weighted by atomic mass is 35.5. The average Bonchev–Trinajstić information content (AvgIpc) is 2.46. The monoisotopic (exact) mass is 290 g/mol. The molecule has 1 heterocycles. The zero-order valence-corrected chi connectivity index (χ0v) is 12.7. The van der Waals surface area contributed by atoms with Crippen LogP contribution in [0.5, 0.6) is 0 Å². The molecule has 0 spiro atoms. The van der Waals surface area contributed by atoms with Gasteiger partial charge in [0.2, 0.25) is 0 Å². The van der Waals surface area contributed by atoms with E-state index in [4.69, 9.17) is 11.6 Å². The molecule has 0 amide bonds. The average molecular weight is 291 g/mol. The molecule has 0 aliphatic rings. The summed E-state index contributed by atoms with van der Waals surface area (Å²) in [7, 11) is 2.02. The quantitative estimate of drug-likeness (QED) is 0.910. The van der Waals surface area contributed by atoms with Crippen LogP contribution in [0.4, 0.5) is 11.6 Å². The lowest BCUT2D eigenvalue weighted by molar-refractivity contribution is 0.727. The molecule has 0 radical (unpaired) electrons. The maximum atomic E-state index is 6.05. The Labute approximate surface area is 124 Å². The van der Waals surface area contributed by atoms with Crippen molar-refractivity contribution in [1.29, 1.82) is 0 Å². The topological polar surface area (TPSA) is 41.0 Å². The highest BCUT2D eigenvalue weighted by Gasteiger charge is 2.14. The molecule has 1 aromatic heterocycles. The third-order valence-electron chi connectivity index (χ3n) is 3.28. The fourth-order valence-corrected chi connectivity index (χ4v) is 2.20. The Morgan fingerprint density at radius 1 is 1.30 bits per heavy atom. The van der Waals surface area contributed by atoms with E-state index in [1.807, 2.05) is 38.2 Å². The Morgan fingerprint density at radius 3 is 2.80 bits per heavy atom. The number of aromatic nitrogens is 2. The minimum Gasteiger partial charge on any atom is -0.370 e. The van der Waals surface area contributed by atoms with Crippen molar-refractivity contribution in [3.63, 3.8) is 0 Å². The third-order valence-corrected chi connectivity index (χ3v) is 3.52. The van der Waals surface area contributed by atoms with E-state index < -0.39 is 0 Å². The number of halogens is 1. The SMILES string of the molecule is CCNc1cc(N(C)C(C)c2cccc(Cl)c2)ncn1. The first-order chi connectivity index (χ1) is 9.61. The van der Waals surface area contributed by atoms with Crippen LogP contribution in [0.1, 0.15) is 25.5 Å². The van der Waals surface area contributed by atoms with Crippen molar-refractivity contribution in [2.24, 2.45) is 0 Å². The summed E-state index contributed by atoms with van der Waals surface area (Å²) in [5.74, 6) is 1.71. The zero-order chi connectivity index (χ0) is 14.5. The van der Waals surface area contributed by atoms with Crippen molar-refractivity contribution >= 4 is 23.2 Å². The van der Waals surface area contributed by atoms with Crippen LogP contribution >= 0.6 is 11.6 Å². The highest BCUT2D eigenvalue weighted by Crippen LogP contribution is 2.26. The third kappa shape index (κ3) is 3.39. The largest absolute Gasteiger partial charge is 0.370 e. The molecule has 0 saturated heterocycles. The Kier molecular flexibility index (Phi) is 4.79. The van der Waals surface area contributed by atoms with E-state index in [0.717, 1.165) is 28.8 Å². The lowest BCUT2D eigenvalue weighted by Gasteiger charge is -2.26. The second kappa shape index (κ2) is 6.57. The second-order valence-electron chi connectivity index (χ2n) is 4.63. The first-order valence-corrected chi connectivity index (χ1v) is 7.03. The number of anilines is 2. The Balaban J connectivity index is 2.21. The van der Waals surface area contributed by atoms with Gasteiger partial charge in [0, 0.05) is 24.7 Å². The fourth-order valence-electron chi connectivity index (χ4n) is 2.01. The lowest BCUT2D eigenvalue weighted by atomic mass is 10.1. The molecule has 1 unspecified atom stereocenters. The van der Waals surface area contributed by atoms with Crippen LogP contribution < -0.4 is 10.2 Å². The van der Waals surface area contributed by atoms with Crippen LogP contribution in [0.3, 0.4) is 0 Å². The summed E-state index contributed by atoms with van der Waals surface area (Å²) in [4.78, 5) is 10.6. The summed E-state index contributed by atoms with van der Waals surface area (Å²) in [5, 5.41) is 3.94. The molecular weight excluding hydrogens is 272 g/mol. The molecule has 0 aliphatic carbocycles. The predicted octanol–water partition coefficient (Wildman–Crippen LogP) is 3.76. The number of benzene rings is 1. The van der Waals surface area contributed by atoms with Crippen LogP contribution in [0, 0.1) is 0 Å². The van der Waals surface area contributed by atoms with Crippen molar-refractivity contribution in [1.82, 2.24) is 9.97 Å². The molecule has 1 atom stereocenters. The summed E-state index contributed by atoms with van der Waals surface area (Å²) in [6, 6.07) is 10.0. The molecule has 2 aromatic rings. The minimum absolute atomic E-state index is 0.179. The van der Waals surface area contributed by atoms with Crippen LogP contribution in [0.15, 0.2) is 36.7 Å². The second-order valence-corrected chi connectivity index (χ2v) is 5.07. The fraction of sp³-hybridized carbons (Fsp3) is 0.333. The van der Waals surface area contributed by atoms with Crippen LogP contribution in [-0.4, -0.2) is 23.6 Å². The number of hydrogen-bond donors (Lipinski definition) is 1. The van der Waals surface area contributed by atoms with Gasteiger partial charge in [-0.2, -0.15) is 0 Å². The van der Waals surface area contributed by atoms with Crippen molar-refractivity contribution < 1.29 is 0 Å². The molecule has 20 heavy (non-hydrogen) atoms. The summed E-state index contributed by atoms with van der Waals surface area (Å²) in [6.45, 7) is 5.00. The maximum Gasteiger partial charge on any atom is 0.134 e. The smallest absolute Gasteiger partial charge is 0.134 e. The van der Waals surface area contributed by atoms with E-state index in [1.165, 1.54) is 0 Å². The van der Waals surface area contributed by atoms with Gasteiger partial charge in [-0.1, -0.05) is 23.7 Å². The Morgan fingerprint density at radius 2 is 2.10 bits per heavy atom. The summed E-state index contributed by atoms with van der Waals surface area (Å²) in [5.41, 5.74) is 1.16. The van der Waals surface area contributed by atoms with E-state index in [1.54, 1.807) is 6.33 Å². The Hall–Kier alpha value is -1.81. The van der Waals surface area contributed by atoms with Crippen LogP contribution in [0.25, 0.3) is 0 Å². The van der Waals surface area contributed by atoms with Crippen LogP contribution in [0.2, 0.25) is 5.02 Å². The molecule has 0 saturated carbocycles. The number of rotatable bonds is 5. The number of nitrogens with zero attached hydrogens (tertiary/aromatic N) is 3. The summed E-state index contributed by atoms with van der Waals surface area (Å²) >= 11 is 6.05. The maximum absolute atomic E-state index is 6.05. The van der Waals surface area contributed by atoms with Crippen molar-refractivity contribution in [3.05, 3.63) is 47.2 Å². The van der Waals surface area contributed by atoms with Gasteiger partial charge in [0.1, 0.15) is 18.0 Å². The summed E-state index contributed by atoms with van der Waals surface area (Å²) in [6.07, 6.45) is 1.58. The molecule has 1 N–H and O–H groups in total. The van der Waals surface area contributed by atoms with Gasteiger partial charge in [0.25, 0.3) is 0 Å². The molecule has 4 nitrogen and oxygen atoms in total. The first-order valence-electron chi connectivity index (χ1n) is 6.66. The van der Waals surface area contributed by atoms with Gasteiger partial charge in [0.15, 0.2) is 0 Å². The van der Waals surface area contributed by atoms with E-state index >= 15 is 0 Å². The molecule has 1 aromatic carbocycles. The van der Waals surface area contributed by atoms with E-state index in [2.05, 4.69) is 33.2 Å². The van der Waals surface area contributed by atoms with Gasteiger partial charge in [-0.05, 0) is 31.5 Å². The Bertz CT molecular complexity index is 573.